The smallest absolute Gasteiger partial charge is 0.322 e. The fourth-order valence-corrected chi connectivity index (χ4v) is 0.936. The lowest BCUT2D eigenvalue weighted by Gasteiger charge is -2.10. The van der Waals surface area contributed by atoms with Crippen molar-refractivity contribution in [2.24, 2.45) is 11.5 Å². The molecule has 0 aliphatic rings. The molecule has 0 aromatic rings. The highest BCUT2D eigenvalue weighted by molar-refractivity contribution is 5.75. The summed E-state index contributed by atoms with van der Waals surface area (Å²) in [5.41, 5.74) is 10.9. The van der Waals surface area contributed by atoms with Crippen LogP contribution in [-0.4, -0.2) is 25.2 Å². The van der Waals surface area contributed by atoms with Gasteiger partial charge in [0.15, 0.2) is 0 Å². The van der Waals surface area contributed by atoms with Crippen molar-refractivity contribution in [1.82, 2.24) is 0 Å². The van der Waals surface area contributed by atoms with E-state index in [1.807, 2.05) is 6.92 Å². The van der Waals surface area contributed by atoms with Crippen LogP contribution >= 0.6 is 0 Å². The Labute approximate surface area is 79.6 Å². The first-order valence-electron chi connectivity index (χ1n) is 4.84. The lowest BCUT2D eigenvalue weighted by molar-refractivity contribution is -0.145. The van der Waals surface area contributed by atoms with E-state index in [-0.39, 0.29) is 5.97 Å². The fourth-order valence-electron chi connectivity index (χ4n) is 0.936. The van der Waals surface area contributed by atoms with E-state index in [2.05, 4.69) is 0 Å². The molecule has 0 aromatic carbocycles. The average molecular weight is 188 g/mol. The first-order chi connectivity index (χ1) is 6.22. The minimum Gasteiger partial charge on any atom is -0.465 e. The summed E-state index contributed by atoms with van der Waals surface area (Å²) in [6.07, 6.45) is 3.30. The Morgan fingerprint density at radius 2 is 2.15 bits per heavy atom. The molecule has 1 atom stereocenters. The number of esters is 1. The zero-order valence-corrected chi connectivity index (χ0v) is 8.29. The van der Waals surface area contributed by atoms with Crippen molar-refractivity contribution in [1.29, 1.82) is 0 Å². The number of carbonyl (C=O) groups excluding carboxylic acids is 1. The summed E-state index contributed by atoms with van der Waals surface area (Å²) in [7, 11) is 0. The highest BCUT2D eigenvalue weighted by atomic mass is 16.5. The third-order valence-corrected chi connectivity index (χ3v) is 1.72. The molecule has 4 N–H and O–H groups in total. The summed E-state index contributed by atoms with van der Waals surface area (Å²) in [5.74, 6) is -0.293. The van der Waals surface area contributed by atoms with Gasteiger partial charge in [0.05, 0.1) is 6.61 Å². The summed E-state index contributed by atoms with van der Waals surface area (Å²) >= 11 is 0. The first-order valence-corrected chi connectivity index (χ1v) is 4.84. The number of hydrogen-bond acceptors (Lipinski definition) is 4. The van der Waals surface area contributed by atoms with Gasteiger partial charge in [0, 0.05) is 0 Å². The number of nitrogens with two attached hydrogens (primary N) is 2. The molecule has 0 heterocycles. The van der Waals surface area contributed by atoms with Crippen molar-refractivity contribution in [3.05, 3.63) is 0 Å². The standard InChI is InChI=1S/C9H20N2O2/c1-2-7-13-9(12)8(11)5-3-4-6-10/h8H,2-7,10-11H2,1H3/t8-/m1/s1. The molecule has 0 aromatic heterocycles. The van der Waals surface area contributed by atoms with Crippen LogP contribution < -0.4 is 11.5 Å². The van der Waals surface area contributed by atoms with Gasteiger partial charge in [-0.05, 0) is 25.8 Å². The number of ether oxygens (including phenoxy) is 1. The average Bonchev–Trinajstić information content (AvgIpc) is 2.14. The minimum absolute atomic E-state index is 0.293. The van der Waals surface area contributed by atoms with E-state index in [4.69, 9.17) is 16.2 Å². The van der Waals surface area contributed by atoms with Crippen molar-refractivity contribution in [3.63, 3.8) is 0 Å². The van der Waals surface area contributed by atoms with E-state index in [0.29, 0.717) is 19.6 Å². The fraction of sp³-hybridized carbons (Fsp3) is 0.889. The molecule has 4 nitrogen and oxygen atoms in total. The topological polar surface area (TPSA) is 78.3 Å². The van der Waals surface area contributed by atoms with Gasteiger partial charge in [-0.25, -0.2) is 0 Å². The van der Waals surface area contributed by atoms with Crippen molar-refractivity contribution in [2.75, 3.05) is 13.2 Å². The summed E-state index contributed by atoms with van der Waals surface area (Å²) in [5, 5.41) is 0. The monoisotopic (exact) mass is 188 g/mol. The van der Waals surface area contributed by atoms with E-state index in [1.54, 1.807) is 0 Å². The van der Waals surface area contributed by atoms with Crippen molar-refractivity contribution < 1.29 is 9.53 Å². The van der Waals surface area contributed by atoms with E-state index in [0.717, 1.165) is 19.3 Å². The number of unbranched alkanes of at least 4 members (excludes halogenated alkanes) is 1. The highest BCUT2D eigenvalue weighted by Crippen LogP contribution is 2.00. The maximum absolute atomic E-state index is 11.1. The molecule has 0 fully saturated rings. The lowest BCUT2D eigenvalue weighted by Crippen LogP contribution is -2.32. The molecular formula is C9H20N2O2. The van der Waals surface area contributed by atoms with Crippen molar-refractivity contribution in [3.8, 4) is 0 Å². The Morgan fingerprint density at radius 3 is 2.69 bits per heavy atom. The molecule has 78 valence electrons. The lowest BCUT2D eigenvalue weighted by atomic mass is 10.1. The zero-order chi connectivity index (χ0) is 10.1. The molecular weight excluding hydrogens is 168 g/mol. The summed E-state index contributed by atoms with van der Waals surface area (Å²) in [4.78, 5) is 11.1. The van der Waals surface area contributed by atoms with E-state index in [9.17, 15) is 4.79 Å². The van der Waals surface area contributed by atoms with Gasteiger partial charge >= 0.3 is 5.97 Å². The van der Waals surface area contributed by atoms with Gasteiger partial charge < -0.3 is 16.2 Å². The molecule has 0 saturated heterocycles. The quantitative estimate of drug-likeness (QED) is 0.447. The molecule has 0 radical (unpaired) electrons. The van der Waals surface area contributed by atoms with E-state index in [1.165, 1.54) is 0 Å². The SMILES string of the molecule is CCCOC(=O)[C@H](N)CCCCN. The molecule has 0 spiro atoms. The van der Waals surface area contributed by atoms with Crippen LogP contribution in [-0.2, 0) is 9.53 Å². The predicted molar refractivity (Wildman–Crippen MR) is 52.1 cm³/mol. The van der Waals surface area contributed by atoms with Crippen LogP contribution in [0, 0.1) is 0 Å². The molecule has 0 aliphatic heterocycles. The van der Waals surface area contributed by atoms with E-state index >= 15 is 0 Å². The summed E-state index contributed by atoms with van der Waals surface area (Å²) in [6, 6.07) is -0.474. The van der Waals surface area contributed by atoms with Gasteiger partial charge in [-0.1, -0.05) is 13.3 Å². The van der Waals surface area contributed by atoms with Gasteiger partial charge in [-0.3, -0.25) is 4.79 Å². The normalized spacial score (nSPS) is 12.5. The van der Waals surface area contributed by atoms with Gasteiger partial charge in [0.25, 0.3) is 0 Å². The number of rotatable bonds is 7. The predicted octanol–water partition coefficient (Wildman–Crippen LogP) is 0.396. The molecule has 0 bridgehead atoms. The Bertz CT molecular complexity index is 140. The molecule has 0 unspecified atom stereocenters. The molecule has 0 saturated carbocycles. The maximum atomic E-state index is 11.1. The Morgan fingerprint density at radius 1 is 1.46 bits per heavy atom. The second-order valence-corrected chi connectivity index (χ2v) is 3.06. The van der Waals surface area contributed by atoms with Crippen LogP contribution in [0.25, 0.3) is 0 Å². The van der Waals surface area contributed by atoms with Gasteiger partial charge in [0.2, 0.25) is 0 Å². The van der Waals surface area contributed by atoms with Crippen LogP contribution in [0.3, 0.4) is 0 Å². The number of hydrogen-bond donors (Lipinski definition) is 2. The van der Waals surface area contributed by atoms with Crippen LogP contribution in [0.1, 0.15) is 32.6 Å². The molecule has 4 heteroatoms. The molecule has 13 heavy (non-hydrogen) atoms. The highest BCUT2D eigenvalue weighted by Gasteiger charge is 2.13. The van der Waals surface area contributed by atoms with Crippen molar-refractivity contribution >= 4 is 5.97 Å². The summed E-state index contributed by atoms with van der Waals surface area (Å²) in [6.45, 7) is 3.06. The van der Waals surface area contributed by atoms with E-state index < -0.39 is 6.04 Å². The Hall–Kier alpha value is -0.610. The number of carbonyl (C=O) groups is 1. The molecule has 0 amide bonds. The van der Waals surface area contributed by atoms with Crippen molar-refractivity contribution in [2.45, 2.75) is 38.6 Å². The third kappa shape index (κ3) is 6.54. The van der Waals surface area contributed by atoms with Gasteiger partial charge in [-0.15, -0.1) is 0 Å². The molecule has 0 aliphatic carbocycles. The second-order valence-electron chi connectivity index (χ2n) is 3.06. The second kappa shape index (κ2) is 8.01. The van der Waals surface area contributed by atoms with Crippen LogP contribution in [0.15, 0.2) is 0 Å². The maximum Gasteiger partial charge on any atom is 0.322 e. The van der Waals surface area contributed by atoms with Crippen LogP contribution in [0.5, 0.6) is 0 Å². The molecule has 0 rings (SSSR count). The Kier molecular flexibility index (Phi) is 7.63. The minimum atomic E-state index is -0.474. The van der Waals surface area contributed by atoms with Gasteiger partial charge in [0.1, 0.15) is 6.04 Å². The summed E-state index contributed by atoms with van der Waals surface area (Å²) < 4.78 is 4.89. The largest absolute Gasteiger partial charge is 0.465 e. The van der Waals surface area contributed by atoms with Gasteiger partial charge in [-0.2, -0.15) is 0 Å². The van der Waals surface area contributed by atoms with Crippen LogP contribution in [0.4, 0.5) is 0 Å². The Balaban J connectivity index is 3.45. The third-order valence-electron chi connectivity index (χ3n) is 1.72. The van der Waals surface area contributed by atoms with Crippen LogP contribution in [0.2, 0.25) is 0 Å². The first kappa shape index (κ1) is 12.4. The zero-order valence-electron chi connectivity index (χ0n) is 8.29.